The van der Waals surface area contributed by atoms with Crippen LogP contribution >= 0.6 is 11.3 Å². The van der Waals surface area contributed by atoms with Crippen molar-refractivity contribution in [3.05, 3.63) is 57.8 Å². The van der Waals surface area contributed by atoms with E-state index in [1.165, 1.54) is 11.1 Å². The van der Waals surface area contributed by atoms with Gasteiger partial charge in [0.05, 0.1) is 0 Å². The Labute approximate surface area is 111 Å². The molecule has 2 aromatic rings. The van der Waals surface area contributed by atoms with Crippen LogP contribution in [0.2, 0.25) is 0 Å². The zero-order valence-corrected chi connectivity index (χ0v) is 11.0. The largest absolute Gasteiger partial charge is 0.386 e. The van der Waals surface area contributed by atoms with Crippen LogP contribution in [0, 0.1) is 0 Å². The zero-order chi connectivity index (χ0) is 12.4. The van der Waals surface area contributed by atoms with Gasteiger partial charge < -0.3 is 10.4 Å². The third kappa shape index (κ3) is 2.34. The first kappa shape index (κ1) is 11.9. The van der Waals surface area contributed by atoms with Gasteiger partial charge in [0.1, 0.15) is 6.10 Å². The van der Waals surface area contributed by atoms with Crippen LogP contribution in [0.4, 0.5) is 0 Å². The second-order valence-electron chi connectivity index (χ2n) is 4.79. The minimum atomic E-state index is -0.375. The van der Waals surface area contributed by atoms with Crippen molar-refractivity contribution in [1.29, 1.82) is 0 Å². The Hall–Kier alpha value is -1.16. The highest BCUT2D eigenvalue weighted by Gasteiger charge is 2.24. The molecule has 18 heavy (non-hydrogen) atoms. The molecule has 2 nitrogen and oxygen atoms in total. The molecule has 0 fully saturated rings. The highest BCUT2D eigenvalue weighted by atomic mass is 32.1. The first-order valence-electron chi connectivity index (χ1n) is 6.34. The van der Waals surface area contributed by atoms with Crippen LogP contribution in [0.15, 0.2) is 41.8 Å². The number of benzene rings is 1. The summed E-state index contributed by atoms with van der Waals surface area (Å²) in [6.07, 6.45) is 0.790. The van der Waals surface area contributed by atoms with Crippen LogP contribution in [0.25, 0.3) is 0 Å². The fourth-order valence-electron chi connectivity index (χ4n) is 2.52. The molecule has 1 aromatic carbocycles. The van der Waals surface area contributed by atoms with E-state index in [2.05, 4.69) is 29.6 Å². The summed E-state index contributed by atoms with van der Waals surface area (Å²) < 4.78 is 0. The van der Waals surface area contributed by atoms with Gasteiger partial charge in [-0.1, -0.05) is 30.3 Å². The summed E-state index contributed by atoms with van der Waals surface area (Å²) in [6.45, 7) is 1.60. The summed E-state index contributed by atoms with van der Waals surface area (Å²) in [5.74, 6) is 0.622. The van der Waals surface area contributed by atoms with Crippen molar-refractivity contribution in [3.8, 4) is 0 Å². The molecule has 0 saturated heterocycles. The lowest BCUT2D eigenvalue weighted by molar-refractivity contribution is 0.177. The number of nitrogens with one attached hydrogen (secondary N) is 1. The van der Waals surface area contributed by atoms with Crippen molar-refractivity contribution in [3.63, 3.8) is 0 Å². The van der Waals surface area contributed by atoms with E-state index in [4.69, 9.17) is 0 Å². The first-order chi connectivity index (χ1) is 8.84. The Kier molecular flexibility index (Phi) is 3.46. The third-order valence-corrected chi connectivity index (χ3v) is 4.53. The van der Waals surface area contributed by atoms with Gasteiger partial charge in [0.15, 0.2) is 0 Å². The van der Waals surface area contributed by atoms with E-state index in [1.54, 1.807) is 11.3 Å². The molecular formula is C15H17NOS. The van der Waals surface area contributed by atoms with E-state index in [-0.39, 0.29) is 6.10 Å². The fourth-order valence-corrected chi connectivity index (χ4v) is 3.23. The van der Waals surface area contributed by atoms with Gasteiger partial charge in [0.25, 0.3) is 0 Å². The predicted octanol–water partition coefficient (Wildman–Crippen LogP) is 2.71. The van der Waals surface area contributed by atoms with E-state index in [0.717, 1.165) is 17.8 Å². The first-order valence-corrected chi connectivity index (χ1v) is 7.22. The van der Waals surface area contributed by atoms with E-state index in [1.807, 2.05) is 17.5 Å². The molecule has 0 aliphatic heterocycles. The molecule has 2 atom stereocenters. The van der Waals surface area contributed by atoms with Gasteiger partial charge >= 0.3 is 0 Å². The van der Waals surface area contributed by atoms with Gasteiger partial charge in [-0.3, -0.25) is 0 Å². The maximum absolute atomic E-state index is 9.96. The number of aliphatic hydroxyl groups is 1. The van der Waals surface area contributed by atoms with Crippen LogP contribution in [0.1, 0.15) is 28.0 Å². The Morgan fingerprint density at radius 3 is 2.94 bits per heavy atom. The third-order valence-electron chi connectivity index (χ3n) is 3.56. The van der Waals surface area contributed by atoms with Gasteiger partial charge in [0.2, 0.25) is 0 Å². The normalized spacial score (nSPS) is 19.1. The molecule has 2 N–H and O–H groups in total. The lowest BCUT2D eigenvalue weighted by atomic mass is 9.77. The zero-order valence-electron chi connectivity index (χ0n) is 10.2. The number of hydrogen-bond acceptors (Lipinski definition) is 3. The highest BCUT2D eigenvalue weighted by molar-refractivity contribution is 7.10. The van der Waals surface area contributed by atoms with Crippen molar-refractivity contribution in [2.75, 3.05) is 13.1 Å². The number of fused-ring (bicyclic) bond motifs is 1. The van der Waals surface area contributed by atoms with E-state index >= 15 is 0 Å². The van der Waals surface area contributed by atoms with Crippen molar-refractivity contribution < 1.29 is 5.11 Å². The van der Waals surface area contributed by atoms with Crippen LogP contribution < -0.4 is 5.32 Å². The summed E-state index contributed by atoms with van der Waals surface area (Å²) in [5.41, 5.74) is 2.94. The molecular weight excluding hydrogens is 242 g/mol. The molecule has 1 aromatic heterocycles. The summed E-state index contributed by atoms with van der Waals surface area (Å²) in [6, 6.07) is 12.6. The molecule has 3 rings (SSSR count). The topological polar surface area (TPSA) is 32.3 Å². The van der Waals surface area contributed by atoms with Gasteiger partial charge in [-0.15, -0.1) is 11.3 Å². The van der Waals surface area contributed by atoms with Gasteiger partial charge in [-0.2, -0.15) is 0 Å². The van der Waals surface area contributed by atoms with Crippen molar-refractivity contribution >= 4 is 11.3 Å². The average Bonchev–Trinajstić information content (AvgIpc) is 2.88. The summed E-state index contributed by atoms with van der Waals surface area (Å²) in [7, 11) is 0. The molecule has 2 unspecified atom stereocenters. The molecule has 1 heterocycles. The van der Waals surface area contributed by atoms with Crippen LogP contribution in [-0.4, -0.2) is 18.2 Å². The second kappa shape index (κ2) is 5.22. The Bertz CT molecular complexity index is 509. The lowest BCUT2D eigenvalue weighted by Gasteiger charge is -2.30. The second-order valence-corrected chi connectivity index (χ2v) is 5.77. The minimum absolute atomic E-state index is 0.375. The Morgan fingerprint density at radius 2 is 2.17 bits per heavy atom. The monoisotopic (exact) mass is 259 g/mol. The summed E-state index contributed by atoms with van der Waals surface area (Å²) >= 11 is 1.61. The highest BCUT2D eigenvalue weighted by Crippen LogP contribution is 2.34. The molecule has 0 spiro atoms. The minimum Gasteiger partial charge on any atom is -0.386 e. The number of aliphatic hydroxyl groups excluding tert-OH is 1. The van der Waals surface area contributed by atoms with Crippen molar-refractivity contribution in [1.82, 2.24) is 5.32 Å². The van der Waals surface area contributed by atoms with Gasteiger partial charge in [-0.25, -0.2) is 0 Å². The van der Waals surface area contributed by atoms with Gasteiger partial charge in [-0.05, 0) is 29.0 Å². The van der Waals surface area contributed by atoms with Crippen LogP contribution in [0.3, 0.4) is 0 Å². The van der Waals surface area contributed by atoms with E-state index in [0.29, 0.717) is 12.5 Å². The standard InChI is InChI=1S/C15H17NOS/c17-14(15-6-3-7-18-15)10-16-9-12-8-11-4-1-2-5-13(11)12/h1-7,12,14,16-17H,8-10H2. The summed E-state index contributed by atoms with van der Waals surface area (Å²) in [4.78, 5) is 1.04. The molecule has 0 saturated carbocycles. The Balaban J connectivity index is 1.47. The molecule has 94 valence electrons. The van der Waals surface area contributed by atoms with Crippen LogP contribution in [0.5, 0.6) is 0 Å². The van der Waals surface area contributed by atoms with E-state index < -0.39 is 0 Å². The fraction of sp³-hybridized carbons (Fsp3) is 0.333. The van der Waals surface area contributed by atoms with E-state index in [9.17, 15) is 5.11 Å². The number of hydrogen-bond donors (Lipinski definition) is 2. The number of thiophene rings is 1. The predicted molar refractivity (Wildman–Crippen MR) is 75.0 cm³/mol. The SMILES string of the molecule is OC(CNCC1Cc2ccccc21)c1cccs1. The molecule has 1 aliphatic rings. The maximum atomic E-state index is 9.96. The molecule has 1 aliphatic carbocycles. The molecule has 3 heteroatoms. The summed E-state index contributed by atoms with van der Waals surface area (Å²) in [5, 5.41) is 15.3. The quantitative estimate of drug-likeness (QED) is 0.865. The Morgan fingerprint density at radius 1 is 1.28 bits per heavy atom. The van der Waals surface area contributed by atoms with Crippen LogP contribution in [-0.2, 0) is 6.42 Å². The smallest absolute Gasteiger partial charge is 0.101 e. The van der Waals surface area contributed by atoms with Crippen molar-refractivity contribution in [2.24, 2.45) is 0 Å². The number of rotatable bonds is 5. The lowest BCUT2D eigenvalue weighted by Crippen LogP contribution is -2.31. The molecule has 0 radical (unpaired) electrons. The van der Waals surface area contributed by atoms with Crippen molar-refractivity contribution in [2.45, 2.75) is 18.4 Å². The molecule has 0 amide bonds. The maximum Gasteiger partial charge on any atom is 0.101 e. The van der Waals surface area contributed by atoms with Gasteiger partial charge in [0, 0.05) is 23.9 Å². The average molecular weight is 259 g/mol. The molecule has 0 bridgehead atoms.